The van der Waals surface area contributed by atoms with Crippen molar-refractivity contribution in [3.8, 4) is 0 Å². The van der Waals surface area contributed by atoms with Gasteiger partial charge < -0.3 is 11.1 Å². The molecular formula is C15H21ClN2O. The van der Waals surface area contributed by atoms with E-state index >= 15 is 0 Å². The summed E-state index contributed by atoms with van der Waals surface area (Å²) in [4.78, 5) is 12.1. The number of hydrogen-bond donors (Lipinski definition) is 2. The molecule has 0 unspecified atom stereocenters. The van der Waals surface area contributed by atoms with Gasteiger partial charge in [-0.15, -0.1) is 0 Å². The van der Waals surface area contributed by atoms with Crippen molar-refractivity contribution in [1.82, 2.24) is 5.32 Å². The molecule has 1 aliphatic rings. The van der Waals surface area contributed by atoms with E-state index in [1.807, 2.05) is 0 Å². The molecule has 1 saturated carbocycles. The van der Waals surface area contributed by atoms with E-state index in [-0.39, 0.29) is 5.91 Å². The van der Waals surface area contributed by atoms with Crippen LogP contribution in [0.4, 0.5) is 5.69 Å². The summed E-state index contributed by atoms with van der Waals surface area (Å²) in [6, 6.07) is 5.32. The van der Waals surface area contributed by atoms with Gasteiger partial charge in [0.25, 0.3) is 5.91 Å². The summed E-state index contributed by atoms with van der Waals surface area (Å²) >= 11 is 5.93. The molecule has 3 N–H and O–H groups in total. The summed E-state index contributed by atoms with van der Waals surface area (Å²) in [6.45, 7) is 2.24. The Bertz CT molecular complexity index is 453. The minimum atomic E-state index is -0.0538. The number of amides is 1. The lowest BCUT2D eigenvalue weighted by atomic mass is 9.84. The second-order valence-electron chi connectivity index (χ2n) is 5.34. The monoisotopic (exact) mass is 280 g/mol. The second kappa shape index (κ2) is 6.29. The number of nitrogens with two attached hydrogens (primary N) is 1. The third-order valence-corrected chi connectivity index (χ3v) is 4.35. The van der Waals surface area contributed by atoms with Crippen LogP contribution >= 0.6 is 11.6 Å². The van der Waals surface area contributed by atoms with Crippen molar-refractivity contribution in [2.45, 2.75) is 45.1 Å². The highest BCUT2D eigenvalue weighted by atomic mass is 35.5. The van der Waals surface area contributed by atoms with Crippen molar-refractivity contribution >= 4 is 23.2 Å². The molecular weight excluding hydrogens is 260 g/mol. The molecule has 1 aromatic rings. The molecule has 0 atom stereocenters. The average molecular weight is 281 g/mol. The van der Waals surface area contributed by atoms with Crippen molar-refractivity contribution in [3.05, 3.63) is 28.8 Å². The highest BCUT2D eigenvalue weighted by molar-refractivity contribution is 6.33. The zero-order chi connectivity index (χ0) is 13.8. The van der Waals surface area contributed by atoms with Gasteiger partial charge in [0, 0.05) is 11.6 Å². The molecule has 19 heavy (non-hydrogen) atoms. The first-order valence-electron chi connectivity index (χ1n) is 6.96. The first-order valence-corrected chi connectivity index (χ1v) is 7.33. The SMILES string of the molecule is CCC1CCC(NC(=O)c2ccc(N)c(Cl)c2)CC1. The molecule has 0 radical (unpaired) electrons. The molecule has 3 nitrogen and oxygen atoms in total. The van der Waals surface area contributed by atoms with Crippen LogP contribution < -0.4 is 11.1 Å². The van der Waals surface area contributed by atoms with Gasteiger partial charge in [-0.2, -0.15) is 0 Å². The number of hydrogen-bond acceptors (Lipinski definition) is 2. The van der Waals surface area contributed by atoms with Gasteiger partial charge in [0.15, 0.2) is 0 Å². The van der Waals surface area contributed by atoms with Crippen LogP contribution in [0.25, 0.3) is 0 Å². The minimum Gasteiger partial charge on any atom is -0.398 e. The third kappa shape index (κ3) is 3.63. The maximum absolute atomic E-state index is 12.1. The molecule has 0 bridgehead atoms. The maximum atomic E-state index is 12.1. The zero-order valence-corrected chi connectivity index (χ0v) is 12.0. The van der Waals surface area contributed by atoms with Crippen molar-refractivity contribution in [1.29, 1.82) is 0 Å². The molecule has 2 rings (SSSR count). The van der Waals surface area contributed by atoms with Gasteiger partial charge in [0.1, 0.15) is 0 Å². The molecule has 0 spiro atoms. The Morgan fingerprint density at radius 2 is 2.05 bits per heavy atom. The van der Waals surface area contributed by atoms with Crippen LogP contribution in [0.3, 0.4) is 0 Å². The minimum absolute atomic E-state index is 0.0538. The fourth-order valence-corrected chi connectivity index (χ4v) is 2.83. The largest absolute Gasteiger partial charge is 0.398 e. The third-order valence-electron chi connectivity index (χ3n) is 4.02. The van der Waals surface area contributed by atoms with E-state index in [2.05, 4.69) is 12.2 Å². The lowest BCUT2D eigenvalue weighted by molar-refractivity contribution is 0.0921. The molecule has 0 heterocycles. The molecule has 104 valence electrons. The summed E-state index contributed by atoms with van der Waals surface area (Å²) in [5, 5.41) is 3.52. The number of anilines is 1. The van der Waals surface area contributed by atoms with E-state index in [9.17, 15) is 4.79 Å². The summed E-state index contributed by atoms with van der Waals surface area (Å²) in [5.74, 6) is 0.779. The summed E-state index contributed by atoms with van der Waals surface area (Å²) in [7, 11) is 0. The predicted molar refractivity (Wildman–Crippen MR) is 79.4 cm³/mol. The number of rotatable bonds is 3. The number of nitrogens with one attached hydrogen (secondary N) is 1. The first-order chi connectivity index (χ1) is 9.10. The van der Waals surface area contributed by atoms with E-state index < -0.39 is 0 Å². The fraction of sp³-hybridized carbons (Fsp3) is 0.533. The van der Waals surface area contributed by atoms with Crippen LogP contribution in [0.2, 0.25) is 5.02 Å². The van der Waals surface area contributed by atoms with E-state index in [1.54, 1.807) is 18.2 Å². The van der Waals surface area contributed by atoms with E-state index in [0.29, 0.717) is 22.3 Å². The topological polar surface area (TPSA) is 55.1 Å². The Hall–Kier alpha value is -1.22. The van der Waals surface area contributed by atoms with Crippen LogP contribution in [0.15, 0.2) is 18.2 Å². The molecule has 1 amide bonds. The van der Waals surface area contributed by atoms with Gasteiger partial charge in [0.2, 0.25) is 0 Å². The summed E-state index contributed by atoms with van der Waals surface area (Å²) in [6.07, 6.45) is 5.82. The van der Waals surface area contributed by atoms with Crippen molar-refractivity contribution in [2.24, 2.45) is 5.92 Å². The second-order valence-corrected chi connectivity index (χ2v) is 5.74. The molecule has 0 saturated heterocycles. The van der Waals surface area contributed by atoms with Gasteiger partial charge in [-0.05, 0) is 49.8 Å². The Kier molecular flexibility index (Phi) is 4.70. The molecule has 0 aromatic heterocycles. The summed E-state index contributed by atoms with van der Waals surface area (Å²) < 4.78 is 0. The molecule has 1 aromatic carbocycles. The van der Waals surface area contributed by atoms with Crippen LogP contribution in [-0.4, -0.2) is 11.9 Å². The van der Waals surface area contributed by atoms with Gasteiger partial charge >= 0.3 is 0 Å². The smallest absolute Gasteiger partial charge is 0.251 e. The van der Waals surface area contributed by atoms with E-state index in [1.165, 1.54) is 19.3 Å². The van der Waals surface area contributed by atoms with Crippen molar-refractivity contribution in [2.75, 3.05) is 5.73 Å². The molecule has 4 heteroatoms. The van der Waals surface area contributed by atoms with Crippen LogP contribution in [0.5, 0.6) is 0 Å². The highest BCUT2D eigenvalue weighted by Gasteiger charge is 2.21. The number of halogens is 1. The van der Waals surface area contributed by atoms with Gasteiger partial charge in [-0.1, -0.05) is 24.9 Å². The lowest BCUT2D eigenvalue weighted by Crippen LogP contribution is -2.37. The van der Waals surface area contributed by atoms with Gasteiger partial charge in [-0.3, -0.25) is 4.79 Å². The van der Waals surface area contributed by atoms with E-state index in [0.717, 1.165) is 18.8 Å². The Balaban J connectivity index is 1.92. The molecule has 1 fully saturated rings. The number of carbonyl (C=O) groups excluding carboxylic acids is 1. The Morgan fingerprint density at radius 3 is 2.63 bits per heavy atom. The van der Waals surface area contributed by atoms with Crippen LogP contribution in [0, 0.1) is 5.92 Å². The van der Waals surface area contributed by atoms with Crippen LogP contribution in [-0.2, 0) is 0 Å². The molecule has 0 aliphatic heterocycles. The fourth-order valence-electron chi connectivity index (χ4n) is 2.65. The first kappa shape index (κ1) is 14.2. The quantitative estimate of drug-likeness (QED) is 0.831. The predicted octanol–water partition coefficient (Wildman–Crippen LogP) is 3.62. The van der Waals surface area contributed by atoms with Crippen LogP contribution in [0.1, 0.15) is 49.4 Å². The number of carbonyl (C=O) groups is 1. The Labute approximate surface area is 119 Å². The normalized spacial score (nSPS) is 23.1. The summed E-state index contributed by atoms with van der Waals surface area (Å²) in [5.41, 5.74) is 6.72. The average Bonchev–Trinajstić information content (AvgIpc) is 2.42. The van der Waals surface area contributed by atoms with Crippen molar-refractivity contribution in [3.63, 3.8) is 0 Å². The van der Waals surface area contributed by atoms with Gasteiger partial charge in [0.05, 0.1) is 10.7 Å². The highest BCUT2D eigenvalue weighted by Crippen LogP contribution is 2.27. The standard InChI is InChI=1S/C15H21ClN2O/c1-2-10-3-6-12(7-4-10)18-15(19)11-5-8-14(17)13(16)9-11/h5,8-10,12H,2-4,6-7,17H2,1H3,(H,18,19). The van der Waals surface area contributed by atoms with E-state index in [4.69, 9.17) is 17.3 Å². The Morgan fingerprint density at radius 1 is 1.37 bits per heavy atom. The number of nitrogen functional groups attached to an aromatic ring is 1. The lowest BCUT2D eigenvalue weighted by Gasteiger charge is -2.28. The zero-order valence-electron chi connectivity index (χ0n) is 11.3. The van der Waals surface area contributed by atoms with Gasteiger partial charge in [-0.25, -0.2) is 0 Å². The molecule has 1 aliphatic carbocycles. The number of benzene rings is 1. The maximum Gasteiger partial charge on any atom is 0.251 e. The van der Waals surface area contributed by atoms with Crippen molar-refractivity contribution < 1.29 is 4.79 Å².